The van der Waals surface area contributed by atoms with Gasteiger partial charge >= 0.3 is 0 Å². The van der Waals surface area contributed by atoms with Gasteiger partial charge in [0.15, 0.2) is 0 Å². The Labute approximate surface area is 88.0 Å². The highest BCUT2D eigenvalue weighted by Crippen LogP contribution is 2.10. The van der Waals surface area contributed by atoms with E-state index >= 15 is 0 Å². The van der Waals surface area contributed by atoms with Gasteiger partial charge in [-0.2, -0.15) is 5.26 Å². The lowest BCUT2D eigenvalue weighted by Crippen LogP contribution is -1.89. The van der Waals surface area contributed by atoms with Crippen molar-refractivity contribution in [3.8, 4) is 17.9 Å². The number of aliphatic hydroxyl groups excluding tert-OH is 1. The molecule has 3 heteroatoms. The van der Waals surface area contributed by atoms with Crippen molar-refractivity contribution in [3.05, 3.63) is 35.1 Å². The molecule has 0 saturated heterocycles. The quantitative estimate of drug-likeness (QED) is 0.742. The number of halogens is 1. The number of aliphatic hydroxyl groups is 1. The summed E-state index contributed by atoms with van der Waals surface area (Å²) in [5.74, 6) is 5.14. The molecule has 0 aliphatic rings. The number of hydrogen-bond donors (Lipinski definition) is 1. The molecule has 15 heavy (non-hydrogen) atoms. The summed E-state index contributed by atoms with van der Waals surface area (Å²) in [6, 6.07) is 6.31. The molecule has 0 radical (unpaired) electrons. The second-order valence-electron chi connectivity index (χ2n) is 2.92. The fourth-order valence-corrected chi connectivity index (χ4v) is 1.09. The molecule has 0 heterocycles. The number of rotatable bonds is 2. The third-order valence-corrected chi connectivity index (χ3v) is 1.78. The van der Waals surface area contributed by atoms with Crippen molar-refractivity contribution in [3.63, 3.8) is 0 Å². The minimum absolute atomic E-state index is 0.0131. The third-order valence-electron chi connectivity index (χ3n) is 1.78. The SMILES string of the molecule is N#CCc1cc(C#CCCO)ccc1F. The first kappa shape index (κ1) is 11.2. The summed E-state index contributed by atoms with van der Waals surface area (Å²) in [5.41, 5.74) is 1.02. The van der Waals surface area contributed by atoms with E-state index < -0.39 is 0 Å². The van der Waals surface area contributed by atoms with Crippen LogP contribution in [-0.2, 0) is 6.42 Å². The predicted molar refractivity (Wildman–Crippen MR) is 54.3 cm³/mol. The number of nitriles is 1. The minimum Gasteiger partial charge on any atom is -0.395 e. The molecule has 0 atom stereocenters. The van der Waals surface area contributed by atoms with Crippen LogP contribution in [0.25, 0.3) is 0 Å². The van der Waals surface area contributed by atoms with Crippen molar-refractivity contribution in [1.82, 2.24) is 0 Å². The van der Waals surface area contributed by atoms with Crippen LogP contribution in [0, 0.1) is 29.0 Å². The first-order valence-electron chi connectivity index (χ1n) is 4.53. The van der Waals surface area contributed by atoms with Crippen molar-refractivity contribution < 1.29 is 9.50 Å². The Hall–Kier alpha value is -1.84. The van der Waals surface area contributed by atoms with E-state index in [4.69, 9.17) is 10.4 Å². The van der Waals surface area contributed by atoms with Gasteiger partial charge in [-0.25, -0.2) is 4.39 Å². The van der Waals surface area contributed by atoms with Crippen LogP contribution in [0.1, 0.15) is 17.5 Å². The Kier molecular flexibility index (Phi) is 4.34. The van der Waals surface area contributed by atoms with Crippen LogP contribution in [0.5, 0.6) is 0 Å². The smallest absolute Gasteiger partial charge is 0.127 e. The minimum atomic E-state index is -0.385. The summed E-state index contributed by atoms with van der Waals surface area (Å²) in [4.78, 5) is 0. The Morgan fingerprint density at radius 2 is 2.20 bits per heavy atom. The van der Waals surface area contributed by atoms with E-state index in [2.05, 4.69) is 11.8 Å². The van der Waals surface area contributed by atoms with Crippen molar-refractivity contribution >= 4 is 0 Å². The van der Waals surface area contributed by atoms with Gasteiger partial charge in [0.05, 0.1) is 19.1 Å². The average Bonchev–Trinajstić information content (AvgIpc) is 2.23. The molecule has 1 N–H and O–H groups in total. The average molecular weight is 203 g/mol. The molecule has 0 saturated carbocycles. The summed E-state index contributed by atoms with van der Waals surface area (Å²) in [7, 11) is 0. The molecule has 0 aliphatic carbocycles. The van der Waals surface area contributed by atoms with Gasteiger partial charge in [-0.1, -0.05) is 11.8 Å². The van der Waals surface area contributed by atoms with Gasteiger partial charge in [0.1, 0.15) is 5.82 Å². The van der Waals surface area contributed by atoms with Gasteiger partial charge < -0.3 is 5.11 Å². The molecule has 2 nitrogen and oxygen atoms in total. The molecule has 1 rings (SSSR count). The highest BCUT2D eigenvalue weighted by molar-refractivity contribution is 5.38. The van der Waals surface area contributed by atoms with Gasteiger partial charge in [0.2, 0.25) is 0 Å². The summed E-state index contributed by atoms with van der Waals surface area (Å²) < 4.78 is 13.1. The van der Waals surface area contributed by atoms with Crippen LogP contribution in [0.3, 0.4) is 0 Å². The fraction of sp³-hybridized carbons (Fsp3) is 0.250. The van der Waals surface area contributed by atoms with Gasteiger partial charge in [0, 0.05) is 17.5 Å². The topological polar surface area (TPSA) is 44.0 Å². The van der Waals surface area contributed by atoms with E-state index in [-0.39, 0.29) is 18.8 Å². The molecule has 76 valence electrons. The molecule has 0 unspecified atom stereocenters. The lowest BCUT2D eigenvalue weighted by atomic mass is 10.1. The second kappa shape index (κ2) is 5.80. The van der Waals surface area contributed by atoms with Crippen LogP contribution in [0.2, 0.25) is 0 Å². The maximum absolute atomic E-state index is 13.1. The second-order valence-corrected chi connectivity index (χ2v) is 2.92. The van der Waals surface area contributed by atoms with Crippen molar-refractivity contribution in [2.24, 2.45) is 0 Å². The van der Waals surface area contributed by atoms with E-state index in [1.165, 1.54) is 6.07 Å². The molecular weight excluding hydrogens is 193 g/mol. The van der Waals surface area contributed by atoms with Gasteiger partial charge in [-0.15, -0.1) is 0 Å². The van der Waals surface area contributed by atoms with Crippen molar-refractivity contribution in [1.29, 1.82) is 5.26 Å². The Morgan fingerprint density at radius 3 is 2.87 bits per heavy atom. The lowest BCUT2D eigenvalue weighted by Gasteiger charge is -1.98. The van der Waals surface area contributed by atoms with E-state index in [1.807, 2.05) is 6.07 Å². The summed E-state index contributed by atoms with van der Waals surface area (Å²) in [6.07, 6.45) is 0.437. The molecule has 0 bridgehead atoms. The molecule has 1 aromatic carbocycles. The van der Waals surface area contributed by atoms with E-state index in [0.717, 1.165) is 0 Å². The third kappa shape index (κ3) is 3.42. The Balaban J connectivity index is 2.89. The van der Waals surface area contributed by atoms with Crippen LogP contribution < -0.4 is 0 Å². The zero-order valence-corrected chi connectivity index (χ0v) is 8.13. The molecule has 0 aliphatic heterocycles. The molecule has 1 aromatic rings. The summed E-state index contributed by atoms with van der Waals surface area (Å²) in [6.45, 7) is 0.0131. The number of hydrogen-bond acceptors (Lipinski definition) is 2. The Bertz CT molecular complexity index is 437. The van der Waals surface area contributed by atoms with E-state index in [1.54, 1.807) is 12.1 Å². The molecular formula is C12H10FNO. The van der Waals surface area contributed by atoms with Gasteiger partial charge in [-0.05, 0) is 18.2 Å². The van der Waals surface area contributed by atoms with E-state index in [9.17, 15) is 4.39 Å². The van der Waals surface area contributed by atoms with Crippen LogP contribution in [0.4, 0.5) is 4.39 Å². The van der Waals surface area contributed by atoms with Gasteiger partial charge in [0.25, 0.3) is 0 Å². The highest BCUT2D eigenvalue weighted by Gasteiger charge is 2.01. The number of benzene rings is 1. The standard InChI is InChI=1S/C12H10FNO/c13-12-5-4-10(3-1-2-8-15)9-11(12)6-7-14/h4-5,9,15H,2,6,8H2. The number of nitrogens with zero attached hydrogens (tertiary/aromatic N) is 1. The first-order valence-corrected chi connectivity index (χ1v) is 4.53. The predicted octanol–water partition coefficient (Wildman–Crippen LogP) is 1.63. The van der Waals surface area contributed by atoms with Crippen LogP contribution >= 0.6 is 0 Å². The molecule has 0 spiro atoms. The van der Waals surface area contributed by atoms with E-state index in [0.29, 0.717) is 17.5 Å². The molecule has 0 aromatic heterocycles. The van der Waals surface area contributed by atoms with Crippen LogP contribution in [-0.4, -0.2) is 11.7 Å². The Morgan fingerprint density at radius 1 is 1.40 bits per heavy atom. The van der Waals surface area contributed by atoms with Crippen molar-refractivity contribution in [2.45, 2.75) is 12.8 Å². The molecule has 0 fully saturated rings. The summed E-state index contributed by atoms with van der Waals surface area (Å²) in [5, 5.41) is 17.0. The zero-order chi connectivity index (χ0) is 11.1. The largest absolute Gasteiger partial charge is 0.395 e. The maximum Gasteiger partial charge on any atom is 0.127 e. The lowest BCUT2D eigenvalue weighted by molar-refractivity contribution is 0.305. The summed E-state index contributed by atoms with van der Waals surface area (Å²) >= 11 is 0. The molecule has 0 amide bonds. The monoisotopic (exact) mass is 203 g/mol. The first-order chi connectivity index (χ1) is 7.27. The van der Waals surface area contributed by atoms with Crippen molar-refractivity contribution in [2.75, 3.05) is 6.61 Å². The van der Waals surface area contributed by atoms with Crippen LogP contribution in [0.15, 0.2) is 18.2 Å². The normalized spacial score (nSPS) is 8.87. The highest BCUT2D eigenvalue weighted by atomic mass is 19.1. The maximum atomic E-state index is 13.1. The van der Waals surface area contributed by atoms with Gasteiger partial charge in [-0.3, -0.25) is 0 Å². The fourth-order valence-electron chi connectivity index (χ4n) is 1.09. The zero-order valence-electron chi connectivity index (χ0n) is 8.13.